The van der Waals surface area contributed by atoms with Gasteiger partial charge in [-0.05, 0) is 73.6 Å². The zero-order chi connectivity index (χ0) is 24.1. The van der Waals surface area contributed by atoms with Crippen molar-refractivity contribution in [1.29, 1.82) is 0 Å². The van der Waals surface area contributed by atoms with E-state index in [1.807, 2.05) is 44.2 Å². The number of ether oxygens (including phenoxy) is 1. The smallest absolute Gasteiger partial charge is 0.341 e. The number of aromatic hydroxyl groups is 1. The molecule has 0 atom stereocenters. The largest absolute Gasteiger partial charge is 0.507 e. The van der Waals surface area contributed by atoms with Crippen LogP contribution in [0.25, 0.3) is 11.1 Å². The Balaban J connectivity index is 1.71. The van der Waals surface area contributed by atoms with Crippen LogP contribution in [0.4, 0.5) is 11.4 Å². The highest BCUT2D eigenvalue weighted by Crippen LogP contribution is 2.50. The topological polar surface area (TPSA) is 66.8 Å². The second kappa shape index (κ2) is 8.33. The number of anilines is 2. The molecule has 0 spiro atoms. The molecule has 0 aromatic heterocycles. The third-order valence-corrected chi connectivity index (χ3v) is 6.93. The van der Waals surface area contributed by atoms with Crippen LogP contribution in [0, 0.1) is 6.92 Å². The number of amides is 1. The van der Waals surface area contributed by atoms with Gasteiger partial charge in [-0.25, -0.2) is 4.79 Å². The maximum absolute atomic E-state index is 14.0. The number of esters is 1. The van der Waals surface area contributed by atoms with Gasteiger partial charge in [-0.2, -0.15) is 0 Å². The lowest BCUT2D eigenvalue weighted by molar-refractivity contribution is -0.112. The molecule has 1 amide bonds. The van der Waals surface area contributed by atoms with E-state index >= 15 is 0 Å². The number of phenols is 1. The van der Waals surface area contributed by atoms with E-state index < -0.39 is 5.97 Å². The molecule has 0 bridgehead atoms. The predicted molar refractivity (Wildman–Crippen MR) is 134 cm³/mol. The molecule has 1 fully saturated rings. The molecule has 34 heavy (non-hydrogen) atoms. The summed E-state index contributed by atoms with van der Waals surface area (Å²) in [6, 6.07) is 16.2. The number of allylic oxidation sites excluding steroid dienone is 1. The van der Waals surface area contributed by atoms with Crippen LogP contribution in [0.3, 0.4) is 0 Å². The van der Waals surface area contributed by atoms with E-state index in [0.717, 1.165) is 40.8 Å². The van der Waals surface area contributed by atoms with E-state index in [9.17, 15) is 14.7 Å². The average molecular weight is 474 g/mol. The summed E-state index contributed by atoms with van der Waals surface area (Å²) in [4.78, 5) is 27.5. The fourth-order valence-electron chi connectivity index (χ4n) is 4.83. The molecule has 2 aliphatic rings. The Bertz CT molecular complexity index is 1390. The van der Waals surface area contributed by atoms with Crippen LogP contribution in [0.1, 0.15) is 58.3 Å². The summed E-state index contributed by atoms with van der Waals surface area (Å²) in [5.41, 5.74) is 6.59. The summed E-state index contributed by atoms with van der Waals surface area (Å²) < 4.78 is 4.72. The number of benzene rings is 3. The van der Waals surface area contributed by atoms with Gasteiger partial charge in [0, 0.05) is 22.2 Å². The second-order valence-electron chi connectivity index (χ2n) is 8.78. The highest BCUT2D eigenvalue weighted by molar-refractivity contribution is 6.41. The van der Waals surface area contributed by atoms with Gasteiger partial charge in [0.1, 0.15) is 11.3 Å². The van der Waals surface area contributed by atoms with Crippen molar-refractivity contribution in [1.82, 2.24) is 0 Å². The zero-order valence-electron chi connectivity index (χ0n) is 19.2. The molecule has 1 N–H and O–H groups in total. The van der Waals surface area contributed by atoms with Crippen LogP contribution >= 0.6 is 11.6 Å². The Hall–Kier alpha value is -3.57. The molecule has 0 saturated heterocycles. The Morgan fingerprint density at radius 2 is 1.85 bits per heavy atom. The highest BCUT2D eigenvalue weighted by atomic mass is 35.5. The van der Waals surface area contributed by atoms with E-state index in [1.165, 1.54) is 24.8 Å². The summed E-state index contributed by atoms with van der Waals surface area (Å²) in [7, 11) is 1.25. The first kappa shape index (κ1) is 22.2. The third kappa shape index (κ3) is 3.48. The van der Waals surface area contributed by atoms with E-state index in [-0.39, 0.29) is 17.2 Å². The molecular weight excluding hydrogens is 450 g/mol. The van der Waals surface area contributed by atoms with Gasteiger partial charge >= 0.3 is 5.97 Å². The second-order valence-corrected chi connectivity index (χ2v) is 9.19. The van der Waals surface area contributed by atoms with Crippen LogP contribution in [-0.2, 0) is 9.53 Å². The van der Waals surface area contributed by atoms with Crippen LogP contribution < -0.4 is 4.90 Å². The fraction of sp³-hybridized carbons (Fsp3) is 0.214. The molecule has 0 radical (unpaired) electrons. The molecule has 172 valence electrons. The van der Waals surface area contributed by atoms with Crippen molar-refractivity contribution in [2.75, 3.05) is 12.0 Å². The van der Waals surface area contributed by atoms with Gasteiger partial charge in [0.25, 0.3) is 5.91 Å². The number of hydrogen-bond donors (Lipinski definition) is 1. The molecule has 1 aliphatic carbocycles. The van der Waals surface area contributed by atoms with E-state index in [0.29, 0.717) is 22.2 Å². The number of carbonyl (C=O) groups excluding carboxylic acids is 2. The van der Waals surface area contributed by atoms with Gasteiger partial charge < -0.3 is 9.84 Å². The van der Waals surface area contributed by atoms with Gasteiger partial charge in [-0.3, -0.25) is 9.69 Å². The first-order chi connectivity index (χ1) is 16.3. The molecule has 1 saturated carbocycles. The lowest BCUT2D eigenvalue weighted by Gasteiger charge is -2.18. The van der Waals surface area contributed by atoms with Crippen LogP contribution in [0.2, 0.25) is 5.02 Å². The van der Waals surface area contributed by atoms with Gasteiger partial charge in [0.15, 0.2) is 0 Å². The predicted octanol–water partition coefficient (Wildman–Crippen LogP) is 6.63. The van der Waals surface area contributed by atoms with E-state index in [4.69, 9.17) is 16.3 Å². The number of phenolic OH excluding ortho intramolecular Hbond substituents is 1. The molecule has 1 heterocycles. The molecule has 3 aromatic carbocycles. The van der Waals surface area contributed by atoms with Crippen LogP contribution in [-0.4, -0.2) is 24.1 Å². The normalized spacial score (nSPS) is 16.5. The van der Waals surface area contributed by atoms with Crippen molar-refractivity contribution in [3.8, 4) is 5.75 Å². The van der Waals surface area contributed by atoms with E-state index in [1.54, 1.807) is 11.0 Å². The summed E-state index contributed by atoms with van der Waals surface area (Å²) >= 11 is 6.69. The molecule has 5 nitrogen and oxygen atoms in total. The third-order valence-electron chi connectivity index (χ3n) is 6.62. The maximum atomic E-state index is 14.0. The molecule has 5 rings (SSSR count). The fourth-order valence-corrected chi connectivity index (χ4v) is 5.16. The highest BCUT2D eigenvalue weighted by Gasteiger charge is 2.38. The average Bonchev–Trinajstić information content (AvgIpc) is 3.61. The molecule has 0 unspecified atom stereocenters. The summed E-state index contributed by atoms with van der Waals surface area (Å²) in [5, 5.41) is 11.1. The Kier molecular flexibility index (Phi) is 5.45. The number of fused-ring (bicyclic) bond motifs is 1. The van der Waals surface area contributed by atoms with Crippen molar-refractivity contribution < 1.29 is 19.4 Å². The Morgan fingerprint density at radius 3 is 2.53 bits per heavy atom. The van der Waals surface area contributed by atoms with Crippen molar-refractivity contribution in [3.05, 3.63) is 87.4 Å². The minimum Gasteiger partial charge on any atom is -0.507 e. The summed E-state index contributed by atoms with van der Waals surface area (Å²) in [6.07, 6.45) is 2.24. The van der Waals surface area contributed by atoms with Crippen molar-refractivity contribution in [2.45, 2.75) is 32.6 Å². The quantitative estimate of drug-likeness (QED) is 0.341. The zero-order valence-corrected chi connectivity index (χ0v) is 19.9. The van der Waals surface area contributed by atoms with Crippen molar-refractivity contribution in [2.24, 2.45) is 0 Å². The number of nitrogens with zero attached hydrogens (tertiary/aromatic N) is 1. The number of carbonyl (C=O) groups is 2. The standard InChI is InChI=1S/C28H24ClNO4/c1-15-6-4-9-22-24(15)26(16(2)25-19(17-10-11-17)7-5-8-21(25)29)27(32)30(22)18-12-13-20(23(31)14-18)28(33)34-3/h4-9,12-14,17,31H,10-11H2,1-3H3/b26-16-. The number of halogens is 1. The van der Waals surface area contributed by atoms with Gasteiger partial charge in [0.05, 0.1) is 24.1 Å². The number of methoxy groups -OCH3 is 1. The molecule has 1 aliphatic heterocycles. The number of rotatable bonds is 4. The molecule has 6 heteroatoms. The molecular formula is C28H24ClNO4. The summed E-state index contributed by atoms with van der Waals surface area (Å²) in [5.74, 6) is -0.622. The SMILES string of the molecule is COC(=O)c1ccc(N2C(=O)/C(=C(/C)c3c(Cl)cccc3C3CC3)c3c(C)cccc32)cc1O. The van der Waals surface area contributed by atoms with Gasteiger partial charge in [0.2, 0.25) is 0 Å². The number of hydrogen-bond acceptors (Lipinski definition) is 4. The minimum atomic E-state index is -0.643. The number of aryl methyl sites for hydroxylation is 1. The lowest BCUT2D eigenvalue weighted by atomic mass is 9.90. The monoisotopic (exact) mass is 473 g/mol. The van der Waals surface area contributed by atoms with Gasteiger partial charge in [-0.15, -0.1) is 0 Å². The van der Waals surface area contributed by atoms with Crippen molar-refractivity contribution in [3.63, 3.8) is 0 Å². The van der Waals surface area contributed by atoms with Crippen LogP contribution in [0.15, 0.2) is 54.6 Å². The van der Waals surface area contributed by atoms with Crippen LogP contribution in [0.5, 0.6) is 5.75 Å². The molecule has 3 aromatic rings. The van der Waals surface area contributed by atoms with Gasteiger partial charge in [-0.1, -0.05) is 35.9 Å². The lowest BCUT2D eigenvalue weighted by Crippen LogP contribution is -2.21. The Morgan fingerprint density at radius 1 is 1.12 bits per heavy atom. The first-order valence-corrected chi connectivity index (χ1v) is 11.6. The maximum Gasteiger partial charge on any atom is 0.341 e. The minimum absolute atomic E-state index is 0.0412. The summed E-state index contributed by atoms with van der Waals surface area (Å²) in [6.45, 7) is 3.94. The Labute approximate surface area is 203 Å². The first-order valence-electron chi connectivity index (χ1n) is 11.2. The van der Waals surface area contributed by atoms with Crippen molar-refractivity contribution >= 4 is 46.0 Å². The van der Waals surface area contributed by atoms with E-state index in [2.05, 4.69) is 6.07 Å².